The minimum atomic E-state index is -4.11. The van der Waals surface area contributed by atoms with Crippen LogP contribution < -0.4 is 0 Å². The third kappa shape index (κ3) is 5.71. The molecule has 0 saturated heterocycles. The lowest BCUT2D eigenvalue weighted by atomic mass is 9.77. The standard InChI is InChI=1S/C23H34F4/c1-3-5-6-7-8-18-9-11-19(12-10-18)20-13-15-21(16-14-20)23(26,27)22(24,25)17-4-2/h13-16,18-19H,3-12,17H2,1-2H3. The number of benzene rings is 1. The molecule has 0 atom stereocenters. The van der Waals surface area contributed by atoms with E-state index in [1.54, 1.807) is 12.1 Å². The molecule has 27 heavy (non-hydrogen) atoms. The Morgan fingerprint density at radius 3 is 2.00 bits per heavy atom. The first-order valence-corrected chi connectivity index (χ1v) is 10.7. The van der Waals surface area contributed by atoms with Crippen molar-refractivity contribution in [3.05, 3.63) is 35.4 Å². The molecule has 1 saturated carbocycles. The van der Waals surface area contributed by atoms with Gasteiger partial charge in [0.1, 0.15) is 0 Å². The van der Waals surface area contributed by atoms with Crippen LogP contribution in [0, 0.1) is 5.92 Å². The van der Waals surface area contributed by atoms with E-state index in [9.17, 15) is 17.6 Å². The van der Waals surface area contributed by atoms with Gasteiger partial charge in [0.05, 0.1) is 0 Å². The van der Waals surface area contributed by atoms with Gasteiger partial charge in [-0.3, -0.25) is 0 Å². The van der Waals surface area contributed by atoms with Gasteiger partial charge in [-0.25, -0.2) is 0 Å². The van der Waals surface area contributed by atoms with Crippen molar-refractivity contribution < 1.29 is 17.6 Å². The minimum absolute atomic E-state index is 0.0301. The molecule has 0 aromatic heterocycles. The summed E-state index contributed by atoms with van der Waals surface area (Å²) in [6.07, 6.45) is 10.2. The molecule has 0 N–H and O–H groups in total. The zero-order chi connectivity index (χ0) is 19.9. The highest BCUT2D eigenvalue weighted by molar-refractivity contribution is 5.29. The summed E-state index contributed by atoms with van der Waals surface area (Å²) in [5, 5.41) is 0. The van der Waals surface area contributed by atoms with Crippen LogP contribution in [-0.2, 0) is 5.92 Å². The van der Waals surface area contributed by atoms with Crippen molar-refractivity contribution in [1.82, 2.24) is 0 Å². The summed E-state index contributed by atoms with van der Waals surface area (Å²) < 4.78 is 55.9. The van der Waals surface area contributed by atoms with Crippen LogP contribution in [0.3, 0.4) is 0 Å². The van der Waals surface area contributed by atoms with E-state index >= 15 is 0 Å². The van der Waals surface area contributed by atoms with Crippen LogP contribution in [-0.4, -0.2) is 5.92 Å². The van der Waals surface area contributed by atoms with E-state index < -0.39 is 23.8 Å². The Hall–Kier alpha value is -1.06. The first kappa shape index (κ1) is 22.2. The molecule has 0 bridgehead atoms. The molecular formula is C23H34F4. The van der Waals surface area contributed by atoms with Gasteiger partial charge in [0.2, 0.25) is 0 Å². The molecule has 0 nitrogen and oxygen atoms in total. The Labute approximate surface area is 161 Å². The molecule has 1 fully saturated rings. The lowest BCUT2D eigenvalue weighted by Gasteiger charge is -2.30. The average Bonchev–Trinajstić information content (AvgIpc) is 2.66. The lowest BCUT2D eigenvalue weighted by Crippen LogP contribution is -2.37. The van der Waals surface area contributed by atoms with Crippen LogP contribution in [0.5, 0.6) is 0 Å². The van der Waals surface area contributed by atoms with E-state index in [4.69, 9.17) is 0 Å². The molecule has 0 amide bonds. The summed E-state index contributed by atoms with van der Waals surface area (Å²) in [4.78, 5) is 0. The maximum atomic E-state index is 14.2. The summed E-state index contributed by atoms with van der Waals surface area (Å²) in [5.41, 5.74) is 0.437. The van der Waals surface area contributed by atoms with Gasteiger partial charge < -0.3 is 0 Å². The fraction of sp³-hybridized carbons (Fsp3) is 0.739. The van der Waals surface area contributed by atoms with Gasteiger partial charge in [0, 0.05) is 12.0 Å². The van der Waals surface area contributed by atoms with Crippen molar-refractivity contribution in [1.29, 1.82) is 0 Å². The van der Waals surface area contributed by atoms with Gasteiger partial charge in [-0.1, -0.05) is 76.6 Å². The molecule has 1 aliphatic rings. The maximum absolute atomic E-state index is 14.2. The first-order chi connectivity index (χ1) is 12.8. The SMILES string of the molecule is CCCCCCC1CCC(c2ccc(C(F)(F)C(F)(F)CCC)cc2)CC1. The van der Waals surface area contributed by atoms with E-state index in [1.807, 2.05) is 0 Å². The summed E-state index contributed by atoms with van der Waals surface area (Å²) in [7, 11) is 0. The molecule has 0 spiro atoms. The third-order valence-electron chi connectivity index (χ3n) is 6.08. The van der Waals surface area contributed by atoms with E-state index in [-0.39, 0.29) is 6.42 Å². The molecule has 154 valence electrons. The highest BCUT2D eigenvalue weighted by Crippen LogP contribution is 2.46. The quantitative estimate of drug-likeness (QED) is 0.279. The van der Waals surface area contributed by atoms with Crippen molar-refractivity contribution >= 4 is 0 Å². The molecule has 1 aromatic rings. The Kier molecular flexibility index (Phi) is 8.18. The van der Waals surface area contributed by atoms with Crippen LogP contribution >= 0.6 is 0 Å². The minimum Gasteiger partial charge on any atom is -0.199 e. The second-order valence-electron chi connectivity index (χ2n) is 8.22. The molecular weight excluding hydrogens is 352 g/mol. The maximum Gasteiger partial charge on any atom is 0.335 e. The van der Waals surface area contributed by atoms with E-state index in [2.05, 4.69) is 6.92 Å². The van der Waals surface area contributed by atoms with Crippen molar-refractivity contribution in [3.63, 3.8) is 0 Å². The summed E-state index contributed by atoms with van der Waals surface area (Å²) in [5.74, 6) is -6.96. The largest absolute Gasteiger partial charge is 0.335 e. The van der Waals surface area contributed by atoms with Crippen LogP contribution in [0.15, 0.2) is 24.3 Å². The molecule has 2 rings (SSSR count). The molecule has 4 heteroatoms. The van der Waals surface area contributed by atoms with E-state index in [1.165, 1.54) is 64.0 Å². The Bertz CT molecular complexity index is 542. The van der Waals surface area contributed by atoms with Crippen LogP contribution in [0.25, 0.3) is 0 Å². The zero-order valence-electron chi connectivity index (χ0n) is 16.8. The number of hydrogen-bond acceptors (Lipinski definition) is 0. The second-order valence-corrected chi connectivity index (χ2v) is 8.22. The number of hydrogen-bond donors (Lipinski definition) is 0. The van der Waals surface area contributed by atoms with Crippen molar-refractivity contribution in [2.24, 2.45) is 5.92 Å². The Balaban J connectivity index is 1.91. The summed E-state index contributed by atoms with van der Waals surface area (Å²) in [6.45, 7) is 3.71. The van der Waals surface area contributed by atoms with Gasteiger partial charge in [0.25, 0.3) is 0 Å². The van der Waals surface area contributed by atoms with E-state index in [0.717, 1.165) is 24.3 Å². The normalized spacial score (nSPS) is 21.4. The number of rotatable bonds is 10. The van der Waals surface area contributed by atoms with Crippen molar-refractivity contribution in [2.45, 2.75) is 102 Å². The number of halogens is 4. The van der Waals surface area contributed by atoms with Crippen molar-refractivity contribution in [2.75, 3.05) is 0 Å². The van der Waals surface area contributed by atoms with Crippen molar-refractivity contribution in [3.8, 4) is 0 Å². The Morgan fingerprint density at radius 1 is 0.815 bits per heavy atom. The molecule has 0 unspecified atom stereocenters. The first-order valence-electron chi connectivity index (χ1n) is 10.7. The third-order valence-corrected chi connectivity index (χ3v) is 6.08. The van der Waals surface area contributed by atoms with E-state index in [0.29, 0.717) is 5.92 Å². The lowest BCUT2D eigenvalue weighted by molar-refractivity contribution is -0.219. The van der Waals surface area contributed by atoms with Gasteiger partial charge in [-0.15, -0.1) is 0 Å². The second kappa shape index (κ2) is 9.93. The zero-order valence-corrected chi connectivity index (χ0v) is 16.8. The fourth-order valence-electron chi connectivity index (χ4n) is 4.29. The summed E-state index contributed by atoms with van der Waals surface area (Å²) >= 11 is 0. The monoisotopic (exact) mass is 386 g/mol. The predicted octanol–water partition coefficient (Wildman–Crippen LogP) is 8.46. The summed E-state index contributed by atoms with van der Waals surface area (Å²) in [6, 6.07) is 5.68. The molecule has 0 aliphatic heterocycles. The molecule has 1 aliphatic carbocycles. The molecule has 0 radical (unpaired) electrons. The van der Waals surface area contributed by atoms with Crippen LogP contribution in [0.2, 0.25) is 0 Å². The predicted molar refractivity (Wildman–Crippen MR) is 104 cm³/mol. The van der Waals surface area contributed by atoms with Crippen LogP contribution in [0.4, 0.5) is 17.6 Å². The topological polar surface area (TPSA) is 0 Å². The number of unbranched alkanes of at least 4 members (excludes halogenated alkanes) is 3. The highest BCUT2D eigenvalue weighted by atomic mass is 19.3. The van der Waals surface area contributed by atoms with Crippen LogP contribution in [0.1, 0.15) is 102 Å². The van der Waals surface area contributed by atoms with Gasteiger partial charge in [-0.2, -0.15) is 17.6 Å². The van der Waals surface area contributed by atoms with Gasteiger partial charge >= 0.3 is 11.8 Å². The van der Waals surface area contributed by atoms with Gasteiger partial charge in [-0.05, 0) is 43.1 Å². The fourth-order valence-corrected chi connectivity index (χ4v) is 4.29. The Morgan fingerprint density at radius 2 is 1.44 bits per heavy atom. The number of alkyl halides is 4. The average molecular weight is 387 g/mol. The molecule has 0 heterocycles. The molecule has 1 aromatic carbocycles. The van der Waals surface area contributed by atoms with Gasteiger partial charge in [0.15, 0.2) is 0 Å². The smallest absolute Gasteiger partial charge is 0.199 e. The highest BCUT2D eigenvalue weighted by Gasteiger charge is 2.56.